The lowest BCUT2D eigenvalue weighted by Gasteiger charge is -2.40. The minimum atomic E-state index is -0.330. The number of aliphatic hydroxyl groups excluding tert-OH is 1. The van der Waals surface area contributed by atoms with E-state index in [-0.39, 0.29) is 28.8 Å². The largest absolute Gasteiger partial charge is 0.512 e. The number of nitrogens with one attached hydrogen (secondary N) is 1. The van der Waals surface area contributed by atoms with Gasteiger partial charge in [0.25, 0.3) is 5.91 Å². The van der Waals surface area contributed by atoms with E-state index in [9.17, 15) is 9.90 Å². The predicted octanol–water partition coefficient (Wildman–Crippen LogP) is 3.06. The maximum absolute atomic E-state index is 12.1. The highest BCUT2D eigenvalue weighted by atomic mass is 16.5. The van der Waals surface area contributed by atoms with Crippen LogP contribution < -0.4 is 4.74 Å². The lowest BCUT2D eigenvalue weighted by Crippen LogP contribution is -2.56. The first-order valence-electron chi connectivity index (χ1n) is 7.69. The molecule has 1 aliphatic heterocycles. The zero-order valence-corrected chi connectivity index (χ0v) is 14.1. The van der Waals surface area contributed by atoms with Crippen LogP contribution in [0.5, 0.6) is 5.75 Å². The van der Waals surface area contributed by atoms with Gasteiger partial charge in [0.2, 0.25) is 0 Å². The number of likely N-dealkylation sites (tertiary alicyclic amines) is 1. The van der Waals surface area contributed by atoms with Crippen molar-refractivity contribution in [3.05, 3.63) is 41.2 Å². The zero-order valence-electron chi connectivity index (χ0n) is 14.1. The summed E-state index contributed by atoms with van der Waals surface area (Å²) in [6.45, 7) is 8.74. The van der Waals surface area contributed by atoms with E-state index >= 15 is 0 Å². The van der Waals surface area contributed by atoms with Gasteiger partial charge in [0.05, 0.1) is 18.7 Å². The molecular formula is C18H24N2O3. The highest BCUT2D eigenvalue weighted by Gasteiger charge is 2.34. The van der Waals surface area contributed by atoms with Gasteiger partial charge in [-0.3, -0.25) is 4.79 Å². The summed E-state index contributed by atoms with van der Waals surface area (Å²) in [5, 5.41) is 16.6. The Labute approximate surface area is 137 Å². The van der Waals surface area contributed by atoms with Crippen LogP contribution in [0.3, 0.4) is 0 Å². The maximum atomic E-state index is 12.1. The van der Waals surface area contributed by atoms with E-state index in [1.54, 1.807) is 4.90 Å². The number of carbonyl (C=O) groups excluding carboxylic acids is 1. The van der Waals surface area contributed by atoms with Gasteiger partial charge in [-0.15, -0.1) is 0 Å². The zero-order chi connectivity index (χ0) is 17.2. The van der Waals surface area contributed by atoms with Gasteiger partial charge in [-0.2, -0.15) is 0 Å². The minimum Gasteiger partial charge on any atom is -0.512 e. The number of benzene rings is 1. The Kier molecular flexibility index (Phi) is 4.78. The molecule has 2 rings (SSSR count). The maximum Gasteiger partial charge on any atom is 0.259 e. The van der Waals surface area contributed by atoms with Crippen LogP contribution in [0.25, 0.3) is 0 Å². The van der Waals surface area contributed by atoms with E-state index in [4.69, 9.17) is 10.1 Å². The van der Waals surface area contributed by atoms with E-state index in [0.29, 0.717) is 13.1 Å². The van der Waals surface area contributed by atoms with Gasteiger partial charge in [0.1, 0.15) is 17.6 Å². The Hall–Kier alpha value is -2.30. The van der Waals surface area contributed by atoms with E-state index in [0.717, 1.165) is 17.5 Å². The van der Waals surface area contributed by atoms with Crippen molar-refractivity contribution in [3.8, 4) is 5.75 Å². The molecule has 1 heterocycles. The SMILES string of the molecule is C/C(O)=C(/C=N)C(=O)N1CC(Oc2ccccc2C(C)(C)C)C1. The number of ether oxygens (including phenoxy) is 1. The monoisotopic (exact) mass is 316 g/mol. The molecule has 0 saturated carbocycles. The molecule has 1 aromatic carbocycles. The first-order valence-corrected chi connectivity index (χ1v) is 7.69. The second kappa shape index (κ2) is 6.44. The molecule has 0 radical (unpaired) electrons. The van der Waals surface area contributed by atoms with Crippen LogP contribution in [0, 0.1) is 5.41 Å². The lowest BCUT2D eigenvalue weighted by atomic mass is 9.86. The first kappa shape index (κ1) is 17.1. The van der Waals surface area contributed by atoms with E-state index in [1.807, 2.05) is 18.2 Å². The molecular weight excluding hydrogens is 292 g/mol. The predicted molar refractivity (Wildman–Crippen MR) is 90.3 cm³/mol. The molecule has 5 heteroatoms. The standard InChI is InChI=1S/C18H24N2O3/c1-12(21)14(9-19)17(22)20-10-13(11-20)23-16-8-6-5-7-15(16)18(2,3)4/h5-9,13,19,21H,10-11H2,1-4H3/b14-12+,19-9?. The summed E-state index contributed by atoms with van der Waals surface area (Å²) in [5.74, 6) is 0.384. The molecule has 5 nitrogen and oxygen atoms in total. The number of carbonyl (C=O) groups is 1. The van der Waals surface area contributed by atoms with Crippen molar-refractivity contribution in [2.75, 3.05) is 13.1 Å². The van der Waals surface area contributed by atoms with E-state index < -0.39 is 0 Å². The van der Waals surface area contributed by atoms with Gasteiger partial charge in [0, 0.05) is 6.21 Å². The smallest absolute Gasteiger partial charge is 0.259 e. The van der Waals surface area contributed by atoms with Crippen molar-refractivity contribution in [3.63, 3.8) is 0 Å². The molecule has 23 heavy (non-hydrogen) atoms. The first-order chi connectivity index (χ1) is 10.7. The number of rotatable bonds is 4. The molecule has 2 N–H and O–H groups in total. The Morgan fingerprint density at radius 2 is 1.96 bits per heavy atom. The molecule has 124 valence electrons. The third kappa shape index (κ3) is 3.73. The van der Waals surface area contributed by atoms with E-state index in [2.05, 4.69) is 26.8 Å². The summed E-state index contributed by atoms with van der Waals surface area (Å²) in [7, 11) is 0. The molecule has 0 unspecified atom stereocenters. The molecule has 0 aliphatic carbocycles. The minimum absolute atomic E-state index is 0.0140. The van der Waals surface area contributed by atoms with Crippen LogP contribution >= 0.6 is 0 Å². The van der Waals surface area contributed by atoms with Gasteiger partial charge in [-0.05, 0) is 24.0 Å². The number of allylic oxidation sites excluding steroid dienone is 1. The number of para-hydroxylation sites is 1. The fourth-order valence-electron chi connectivity index (χ4n) is 2.54. The highest BCUT2D eigenvalue weighted by Crippen LogP contribution is 2.32. The normalized spacial score (nSPS) is 16.4. The van der Waals surface area contributed by atoms with Crippen molar-refractivity contribution >= 4 is 12.1 Å². The van der Waals surface area contributed by atoms with Gasteiger partial charge in [0.15, 0.2) is 0 Å². The molecule has 0 spiro atoms. The summed E-state index contributed by atoms with van der Waals surface area (Å²) >= 11 is 0. The molecule has 0 aromatic heterocycles. The quantitative estimate of drug-likeness (QED) is 0.509. The van der Waals surface area contributed by atoms with Crippen LogP contribution in [0.15, 0.2) is 35.6 Å². The van der Waals surface area contributed by atoms with Gasteiger partial charge < -0.3 is 20.2 Å². The van der Waals surface area contributed by atoms with Crippen molar-refractivity contribution in [1.82, 2.24) is 4.90 Å². The van der Waals surface area contributed by atoms with Crippen LogP contribution in [0.2, 0.25) is 0 Å². The summed E-state index contributed by atoms with van der Waals surface area (Å²) in [6.07, 6.45) is 0.828. The molecule has 1 amide bonds. The number of nitrogens with zero attached hydrogens (tertiary/aromatic N) is 1. The second-order valence-electron chi connectivity index (χ2n) is 6.84. The summed E-state index contributed by atoms with van der Waals surface area (Å²) in [5.41, 5.74) is 1.15. The van der Waals surface area contributed by atoms with Crippen LogP contribution in [-0.4, -0.2) is 41.3 Å². The fourth-order valence-corrected chi connectivity index (χ4v) is 2.54. The van der Waals surface area contributed by atoms with Gasteiger partial charge in [-0.1, -0.05) is 39.0 Å². The Bertz CT molecular complexity index is 634. The van der Waals surface area contributed by atoms with Gasteiger partial charge >= 0.3 is 0 Å². The van der Waals surface area contributed by atoms with Crippen LogP contribution in [0.4, 0.5) is 0 Å². The van der Waals surface area contributed by atoms with Crippen molar-refractivity contribution in [1.29, 1.82) is 5.41 Å². The van der Waals surface area contributed by atoms with E-state index in [1.165, 1.54) is 6.92 Å². The number of amides is 1. The summed E-state index contributed by atoms with van der Waals surface area (Å²) in [6, 6.07) is 7.94. The third-order valence-electron chi connectivity index (χ3n) is 3.89. The van der Waals surface area contributed by atoms with Crippen molar-refractivity contribution < 1.29 is 14.6 Å². The number of aliphatic hydroxyl groups is 1. The van der Waals surface area contributed by atoms with Gasteiger partial charge in [-0.25, -0.2) is 0 Å². The Morgan fingerprint density at radius 1 is 1.35 bits per heavy atom. The topological polar surface area (TPSA) is 73.6 Å². The third-order valence-corrected chi connectivity index (χ3v) is 3.89. The molecule has 0 bridgehead atoms. The fraction of sp³-hybridized carbons (Fsp3) is 0.444. The highest BCUT2D eigenvalue weighted by molar-refractivity contribution is 6.11. The second-order valence-corrected chi connectivity index (χ2v) is 6.84. The van der Waals surface area contributed by atoms with Crippen LogP contribution in [0.1, 0.15) is 33.3 Å². The van der Waals surface area contributed by atoms with Crippen molar-refractivity contribution in [2.45, 2.75) is 39.2 Å². The average Bonchev–Trinajstić information content (AvgIpc) is 2.41. The molecule has 0 atom stereocenters. The van der Waals surface area contributed by atoms with Crippen molar-refractivity contribution in [2.24, 2.45) is 0 Å². The molecule has 1 saturated heterocycles. The summed E-state index contributed by atoms with van der Waals surface area (Å²) < 4.78 is 6.03. The number of hydrogen-bond acceptors (Lipinski definition) is 4. The Balaban J connectivity index is 2.01. The molecule has 1 fully saturated rings. The van der Waals surface area contributed by atoms with Crippen LogP contribution in [-0.2, 0) is 10.2 Å². The Morgan fingerprint density at radius 3 is 2.48 bits per heavy atom. The lowest BCUT2D eigenvalue weighted by molar-refractivity contribution is -0.135. The average molecular weight is 316 g/mol. The molecule has 1 aliphatic rings. The summed E-state index contributed by atoms with van der Waals surface area (Å²) in [4.78, 5) is 13.7. The molecule has 1 aromatic rings. The number of hydrogen-bond donors (Lipinski definition) is 2.